The Hall–Kier alpha value is -0.850. The molecule has 1 aromatic carbocycles. The Labute approximate surface area is 163 Å². The first-order valence-electron chi connectivity index (χ1n) is 8.50. The molecule has 1 aromatic rings. The molecule has 144 valence electrons. The molecule has 1 heterocycles. The van der Waals surface area contributed by atoms with E-state index in [2.05, 4.69) is 45.9 Å². The molecule has 1 fully saturated rings. The molecule has 1 aliphatic rings. The van der Waals surface area contributed by atoms with Crippen LogP contribution < -0.4 is 10.6 Å². The van der Waals surface area contributed by atoms with E-state index in [1.165, 1.54) is 5.56 Å². The lowest BCUT2D eigenvalue weighted by molar-refractivity contribution is -0.120. The van der Waals surface area contributed by atoms with Crippen LogP contribution in [0.3, 0.4) is 0 Å². The van der Waals surface area contributed by atoms with E-state index in [4.69, 9.17) is 4.74 Å². The lowest BCUT2D eigenvalue weighted by Gasteiger charge is -2.32. The van der Waals surface area contributed by atoms with Gasteiger partial charge in [0.15, 0.2) is 0 Å². The molecule has 5 nitrogen and oxygen atoms in total. The number of carbonyl (C=O) groups excluding carboxylic acids is 1. The number of nitrogens with zero attached hydrogens (tertiary/aromatic N) is 1. The fraction of sp³-hybridized carbons (Fsp3) is 0.611. The van der Waals surface area contributed by atoms with E-state index in [0.29, 0.717) is 25.6 Å². The lowest BCUT2D eigenvalue weighted by Crippen LogP contribution is -2.41. The van der Waals surface area contributed by atoms with Crippen molar-refractivity contribution in [2.24, 2.45) is 5.92 Å². The van der Waals surface area contributed by atoms with E-state index in [9.17, 15) is 4.79 Å². The van der Waals surface area contributed by atoms with Crippen molar-refractivity contribution < 1.29 is 9.53 Å². The maximum absolute atomic E-state index is 11.7. The standard InChI is InChI=1S/C18H29N3O2.2ClH/c1-23-12-9-19-14-18(22)20-13-16-7-10-21(11-8-16)15-17-5-3-2-4-6-17;;/h2-6,16,19H,7-15H2,1H3,(H,20,22);2*1H. The summed E-state index contributed by atoms with van der Waals surface area (Å²) in [6, 6.07) is 10.6. The number of benzene rings is 1. The average Bonchev–Trinajstić information content (AvgIpc) is 2.59. The van der Waals surface area contributed by atoms with Crippen molar-refractivity contribution in [2.45, 2.75) is 19.4 Å². The number of rotatable bonds is 9. The van der Waals surface area contributed by atoms with Crippen LogP contribution >= 0.6 is 24.8 Å². The number of halogens is 2. The number of hydrogen-bond donors (Lipinski definition) is 2. The number of nitrogens with one attached hydrogen (secondary N) is 2. The minimum absolute atomic E-state index is 0. The van der Waals surface area contributed by atoms with Gasteiger partial charge in [0, 0.05) is 26.7 Å². The largest absolute Gasteiger partial charge is 0.383 e. The average molecular weight is 392 g/mol. The van der Waals surface area contributed by atoms with Crippen LogP contribution in [0.5, 0.6) is 0 Å². The minimum atomic E-state index is 0. The molecule has 0 saturated carbocycles. The van der Waals surface area contributed by atoms with Crippen LogP contribution in [0.15, 0.2) is 30.3 Å². The molecule has 1 saturated heterocycles. The highest BCUT2D eigenvalue weighted by molar-refractivity contribution is 5.85. The van der Waals surface area contributed by atoms with Gasteiger partial charge in [0.25, 0.3) is 0 Å². The Morgan fingerprint density at radius 2 is 1.88 bits per heavy atom. The summed E-state index contributed by atoms with van der Waals surface area (Å²) < 4.78 is 4.93. The van der Waals surface area contributed by atoms with Gasteiger partial charge >= 0.3 is 0 Å². The molecule has 0 aliphatic carbocycles. The summed E-state index contributed by atoms with van der Waals surface area (Å²) in [6.45, 7) is 5.77. The quantitative estimate of drug-likeness (QED) is 0.632. The zero-order chi connectivity index (χ0) is 16.3. The topological polar surface area (TPSA) is 53.6 Å². The maximum Gasteiger partial charge on any atom is 0.233 e. The number of amides is 1. The molecule has 1 aliphatic heterocycles. The predicted octanol–water partition coefficient (Wildman–Crippen LogP) is 2.09. The smallest absolute Gasteiger partial charge is 0.233 e. The fourth-order valence-corrected chi connectivity index (χ4v) is 2.89. The first-order chi connectivity index (χ1) is 11.3. The molecule has 7 heteroatoms. The van der Waals surface area contributed by atoms with Crippen molar-refractivity contribution >= 4 is 30.7 Å². The molecule has 0 unspecified atom stereocenters. The number of piperidine rings is 1. The third-order valence-electron chi connectivity index (χ3n) is 4.31. The highest BCUT2D eigenvalue weighted by Gasteiger charge is 2.19. The Morgan fingerprint density at radius 3 is 2.52 bits per heavy atom. The van der Waals surface area contributed by atoms with Crippen LogP contribution in [0.4, 0.5) is 0 Å². The maximum atomic E-state index is 11.7. The summed E-state index contributed by atoms with van der Waals surface area (Å²) in [7, 11) is 1.66. The van der Waals surface area contributed by atoms with Crippen molar-refractivity contribution in [3.8, 4) is 0 Å². The second-order valence-corrected chi connectivity index (χ2v) is 6.18. The van der Waals surface area contributed by atoms with Crippen molar-refractivity contribution in [3.05, 3.63) is 35.9 Å². The first-order valence-corrected chi connectivity index (χ1v) is 8.50. The van der Waals surface area contributed by atoms with Crippen LogP contribution in [0, 0.1) is 5.92 Å². The number of methoxy groups -OCH3 is 1. The van der Waals surface area contributed by atoms with Crippen molar-refractivity contribution in [1.29, 1.82) is 0 Å². The molecule has 0 atom stereocenters. The van der Waals surface area contributed by atoms with Gasteiger partial charge in [-0.1, -0.05) is 30.3 Å². The van der Waals surface area contributed by atoms with Crippen molar-refractivity contribution in [2.75, 3.05) is 46.4 Å². The van der Waals surface area contributed by atoms with Crippen LogP contribution in [0.2, 0.25) is 0 Å². The molecule has 0 radical (unpaired) electrons. The van der Waals surface area contributed by atoms with Gasteiger partial charge in [-0.3, -0.25) is 9.69 Å². The highest BCUT2D eigenvalue weighted by Crippen LogP contribution is 2.18. The van der Waals surface area contributed by atoms with Crippen molar-refractivity contribution in [1.82, 2.24) is 15.5 Å². The number of likely N-dealkylation sites (tertiary alicyclic amines) is 1. The van der Waals surface area contributed by atoms with Gasteiger partial charge in [0.1, 0.15) is 0 Å². The van der Waals surface area contributed by atoms with E-state index in [1.807, 2.05) is 0 Å². The number of hydrogen-bond acceptors (Lipinski definition) is 4. The van der Waals surface area contributed by atoms with Gasteiger partial charge in [0.05, 0.1) is 13.2 Å². The van der Waals surface area contributed by atoms with Gasteiger partial charge in [0.2, 0.25) is 5.91 Å². The second kappa shape index (κ2) is 14.3. The van der Waals surface area contributed by atoms with Crippen molar-refractivity contribution in [3.63, 3.8) is 0 Å². The van der Waals surface area contributed by atoms with E-state index in [0.717, 1.165) is 39.0 Å². The zero-order valence-corrected chi connectivity index (χ0v) is 16.5. The second-order valence-electron chi connectivity index (χ2n) is 6.18. The monoisotopic (exact) mass is 391 g/mol. The van der Waals surface area contributed by atoms with E-state index >= 15 is 0 Å². The summed E-state index contributed by atoms with van der Waals surface area (Å²) in [4.78, 5) is 14.2. The van der Waals surface area contributed by atoms with Gasteiger partial charge in [-0.25, -0.2) is 0 Å². The Morgan fingerprint density at radius 1 is 1.20 bits per heavy atom. The van der Waals surface area contributed by atoms with Gasteiger partial charge < -0.3 is 15.4 Å². The molecule has 0 aromatic heterocycles. The molecular formula is C18H31Cl2N3O2. The van der Waals surface area contributed by atoms with E-state index in [-0.39, 0.29) is 30.7 Å². The summed E-state index contributed by atoms with van der Waals surface area (Å²) in [6.07, 6.45) is 2.31. The molecule has 2 rings (SSSR count). The van der Waals surface area contributed by atoms with E-state index in [1.54, 1.807) is 7.11 Å². The highest BCUT2D eigenvalue weighted by atomic mass is 35.5. The van der Waals surface area contributed by atoms with E-state index < -0.39 is 0 Å². The zero-order valence-electron chi connectivity index (χ0n) is 14.9. The van der Waals surface area contributed by atoms with Gasteiger partial charge in [-0.2, -0.15) is 0 Å². The molecule has 2 N–H and O–H groups in total. The van der Waals surface area contributed by atoms with Gasteiger partial charge in [-0.15, -0.1) is 24.8 Å². The number of carbonyl (C=O) groups is 1. The molecule has 1 amide bonds. The van der Waals surface area contributed by atoms with Crippen LogP contribution in [-0.4, -0.2) is 57.2 Å². The van der Waals surface area contributed by atoms with Crippen LogP contribution in [0.25, 0.3) is 0 Å². The van der Waals surface area contributed by atoms with Crippen LogP contribution in [0.1, 0.15) is 18.4 Å². The fourth-order valence-electron chi connectivity index (χ4n) is 2.89. The minimum Gasteiger partial charge on any atom is -0.383 e. The molecular weight excluding hydrogens is 361 g/mol. The third kappa shape index (κ3) is 10.0. The molecule has 0 spiro atoms. The SMILES string of the molecule is COCCNCC(=O)NCC1CCN(Cc2ccccc2)CC1.Cl.Cl. The number of ether oxygens (including phenoxy) is 1. The summed E-state index contributed by atoms with van der Waals surface area (Å²) >= 11 is 0. The normalized spacial score (nSPS) is 15.1. The Kier molecular flexibility index (Phi) is 13.8. The summed E-state index contributed by atoms with van der Waals surface area (Å²) in [5.41, 5.74) is 1.38. The lowest BCUT2D eigenvalue weighted by atomic mass is 9.96. The Balaban J connectivity index is 0.00000288. The van der Waals surface area contributed by atoms with Gasteiger partial charge in [-0.05, 0) is 37.4 Å². The third-order valence-corrected chi connectivity index (χ3v) is 4.31. The Bertz CT molecular complexity index is 455. The predicted molar refractivity (Wildman–Crippen MR) is 107 cm³/mol. The van der Waals surface area contributed by atoms with Crippen LogP contribution in [-0.2, 0) is 16.1 Å². The molecule has 25 heavy (non-hydrogen) atoms. The summed E-state index contributed by atoms with van der Waals surface area (Å²) in [5.74, 6) is 0.678. The first kappa shape index (κ1) is 24.1. The summed E-state index contributed by atoms with van der Waals surface area (Å²) in [5, 5.41) is 6.10. The molecule has 0 bridgehead atoms.